The topological polar surface area (TPSA) is 26.3 Å². The molecule has 0 spiro atoms. The molecule has 0 aliphatic carbocycles. The normalized spacial score (nSPS) is 12.5. The van der Waals surface area contributed by atoms with E-state index in [-0.39, 0.29) is 11.9 Å². The lowest BCUT2D eigenvalue weighted by atomic mass is 10.1. The maximum atomic E-state index is 11.0. The molecule has 0 saturated heterocycles. The minimum atomic E-state index is 0.101. The molecular weight excluding hydrogens is 188 g/mol. The molecule has 1 unspecified atom stereocenters. The highest BCUT2D eigenvalue weighted by molar-refractivity contribution is 5.93. The third-order valence-corrected chi connectivity index (χ3v) is 2.47. The molecule has 0 aliphatic heterocycles. The average Bonchev–Trinajstić information content (AvgIpc) is 2.26. The number of ketones is 1. The van der Waals surface area contributed by atoms with Gasteiger partial charge < -0.3 is 4.74 Å². The highest BCUT2D eigenvalue weighted by atomic mass is 16.5. The number of ether oxygens (including phenoxy) is 1. The van der Waals surface area contributed by atoms with E-state index in [2.05, 4.69) is 13.8 Å². The van der Waals surface area contributed by atoms with Crippen LogP contribution in [0.1, 0.15) is 43.1 Å². The molecule has 2 heteroatoms. The number of hydrogen-bond acceptors (Lipinski definition) is 2. The van der Waals surface area contributed by atoms with E-state index < -0.39 is 0 Å². The summed E-state index contributed by atoms with van der Waals surface area (Å²) in [6.45, 7) is 6.35. The molecule has 15 heavy (non-hydrogen) atoms. The first-order valence-corrected chi connectivity index (χ1v) is 5.35. The minimum Gasteiger partial charge on any atom is -0.374 e. The fourth-order valence-corrected chi connectivity index (χ4v) is 1.19. The van der Waals surface area contributed by atoms with Gasteiger partial charge in [-0.3, -0.25) is 4.79 Å². The summed E-state index contributed by atoms with van der Waals surface area (Å²) in [5, 5.41) is 0. The molecule has 0 fully saturated rings. The maximum Gasteiger partial charge on any atom is 0.159 e. The van der Waals surface area contributed by atoms with Crippen molar-refractivity contribution in [2.24, 2.45) is 0 Å². The quantitative estimate of drug-likeness (QED) is 0.691. The van der Waals surface area contributed by atoms with Crippen molar-refractivity contribution < 1.29 is 9.53 Å². The van der Waals surface area contributed by atoms with Gasteiger partial charge >= 0.3 is 0 Å². The van der Waals surface area contributed by atoms with Gasteiger partial charge in [-0.25, -0.2) is 0 Å². The Morgan fingerprint density at radius 2 is 1.93 bits per heavy atom. The van der Waals surface area contributed by atoms with Gasteiger partial charge in [0, 0.05) is 5.56 Å². The number of rotatable bonds is 5. The summed E-state index contributed by atoms with van der Waals surface area (Å²) in [6, 6.07) is 7.58. The van der Waals surface area contributed by atoms with E-state index in [1.807, 2.05) is 24.3 Å². The van der Waals surface area contributed by atoms with Crippen molar-refractivity contribution in [1.82, 2.24) is 0 Å². The summed E-state index contributed by atoms with van der Waals surface area (Å²) in [5.41, 5.74) is 1.86. The number of carbonyl (C=O) groups excluding carboxylic acids is 1. The first-order chi connectivity index (χ1) is 7.13. The molecule has 2 nitrogen and oxygen atoms in total. The maximum absolute atomic E-state index is 11.0. The van der Waals surface area contributed by atoms with Crippen molar-refractivity contribution in [2.45, 2.75) is 39.9 Å². The standard InChI is InChI=1S/C13H18O2/c1-4-10(2)15-9-12-5-7-13(8-6-12)11(3)14/h5-8,10H,4,9H2,1-3H3. The molecule has 1 atom stereocenters. The van der Waals surface area contributed by atoms with E-state index >= 15 is 0 Å². The molecule has 0 radical (unpaired) electrons. The van der Waals surface area contributed by atoms with E-state index in [4.69, 9.17) is 4.74 Å². The molecule has 0 amide bonds. The molecule has 1 rings (SSSR count). The number of hydrogen-bond donors (Lipinski definition) is 0. The van der Waals surface area contributed by atoms with E-state index in [1.54, 1.807) is 6.92 Å². The van der Waals surface area contributed by atoms with Crippen LogP contribution < -0.4 is 0 Å². The Hall–Kier alpha value is -1.15. The van der Waals surface area contributed by atoms with Gasteiger partial charge in [-0.15, -0.1) is 0 Å². The number of Topliss-reactive ketones (excluding diaryl/α,β-unsaturated/α-hetero) is 1. The van der Waals surface area contributed by atoms with Gasteiger partial charge in [-0.1, -0.05) is 31.2 Å². The third kappa shape index (κ3) is 3.84. The summed E-state index contributed by atoms with van der Waals surface area (Å²) in [6.07, 6.45) is 1.31. The molecule has 0 aliphatic rings. The largest absolute Gasteiger partial charge is 0.374 e. The predicted molar refractivity (Wildman–Crippen MR) is 61.0 cm³/mol. The van der Waals surface area contributed by atoms with Crippen LogP contribution in [0.5, 0.6) is 0 Å². The van der Waals surface area contributed by atoms with Crippen LogP contribution in [0.15, 0.2) is 24.3 Å². The van der Waals surface area contributed by atoms with Gasteiger partial charge in [0.2, 0.25) is 0 Å². The van der Waals surface area contributed by atoms with Crippen molar-refractivity contribution in [1.29, 1.82) is 0 Å². The van der Waals surface area contributed by atoms with Crippen LogP contribution >= 0.6 is 0 Å². The Labute approximate surface area is 91.3 Å². The molecule has 0 heterocycles. The van der Waals surface area contributed by atoms with Crippen LogP contribution in [0.2, 0.25) is 0 Å². The monoisotopic (exact) mass is 206 g/mol. The first kappa shape index (κ1) is 11.9. The zero-order valence-electron chi connectivity index (χ0n) is 9.62. The average molecular weight is 206 g/mol. The van der Waals surface area contributed by atoms with Gasteiger partial charge in [-0.05, 0) is 25.8 Å². The Morgan fingerprint density at radius 1 is 1.33 bits per heavy atom. The third-order valence-electron chi connectivity index (χ3n) is 2.47. The molecule has 0 saturated carbocycles. The Kier molecular flexibility index (Phi) is 4.50. The zero-order chi connectivity index (χ0) is 11.3. The lowest BCUT2D eigenvalue weighted by molar-refractivity contribution is 0.0508. The SMILES string of the molecule is CCC(C)OCc1ccc(C(C)=O)cc1. The second kappa shape index (κ2) is 5.66. The van der Waals surface area contributed by atoms with Crippen molar-refractivity contribution in [3.8, 4) is 0 Å². The molecule has 0 bridgehead atoms. The van der Waals surface area contributed by atoms with Crippen LogP contribution in [0, 0.1) is 0 Å². The van der Waals surface area contributed by atoms with Gasteiger partial charge in [0.1, 0.15) is 0 Å². The lowest BCUT2D eigenvalue weighted by Gasteiger charge is -2.10. The summed E-state index contributed by atoms with van der Waals surface area (Å²) in [5.74, 6) is 0.101. The second-order valence-corrected chi connectivity index (χ2v) is 3.78. The molecule has 0 N–H and O–H groups in total. The smallest absolute Gasteiger partial charge is 0.159 e. The highest BCUT2D eigenvalue weighted by Crippen LogP contribution is 2.08. The fraction of sp³-hybridized carbons (Fsp3) is 0.462. The van der Waals surface area contributed by atoms with Crippen molar-refractivity contribution >= 4 is 5.78 Å². The van der Waals surface area contributed by atoms with Crippen molar-refractivity contribution in [2.75, 3.05) is 0 Å². The summed E-state index contributed by atoms with van der Waals surface area (Å²) < 4.78 is 5.59. The first-order valence-electron chi connectivity index (χ1n) is 5.35. The van der Waals surface area contributed by atoms with Crippen LogP contribution in [0.3, 0.4) is 0 Å². The van der Waals surface area contributed by atoms with Gasteiger partial charge in [-0.2, -0.15) is 0 Å². The molecule has 1 aromatic rings. The van der Waals surface area contributed by atoms with Crippen LogP contribution in [0.4, 0.5) is 0 Å². The highest BCUT2D eigenvalue weighted by Gasteiger charge is 2.01. The zero-order valence-corrected chi connectivity index (χ0v) is 9.62. The van der Waals surface area contributed by atoms with E-state index in [1.165, 1.54) is 0 Å². The van der Waals surface area contributed by atoms with Crippen molar-refractivity contribution in [3.63, 3.8) is 0 Å². The Balaban J connectivity index is 2.53. The minimum absolute atomic E-state index is 0.101. The van der Waals surface area contributed by atoms with Crippen LogP contribution in [-0.4, -0.2) is 11.9 Å². The van der Waals surface area contributed by atoms with Crippen LogP contribution in [-0.2, 0) is 11.3 Å². The lowest BCUT2D eigenvalue weighted by Crippen LogP contribution is -2.06. The van der Waals surface area contributed by atoms with E-state index in [9.17, 15) is 4.79 Å². The Morgan fingerprint density at radius 3 is 2.40 bits per heavy atom. The molecule has 82 valence electrons. The Bertz CT molecular complexity index is 314. The number of carbonyl (C=O) groups is 1. The number of benzene rings is 1. The molecule has 0 aromatic heterocycles. The van der Waals surface area contributed by atoms with E-state index in [0.29, 0.717) is 6.61 Å². The summed E-state index contributed by atoms with van der Waals surface area (Å²) in [4.78, 5) is 11.0. The van der Waals surface area contributed by atoms with E-state index in [0.717, 1.165) is 17.5 Å². The molecular formula is C13H18O2. The van der Waals surface area contributed by atoms with Gasteiger partial charge in [0.05, 0.1) is 12.7 Å². The van der Waals surface area contributed by atoms with Gasteiger partial charge in [0.15, 0.2) is 5.78 Å². The second-order valence-electron chi connectivity index (χ2n) is 3.78. The van der Waals surface area contributed by atoms with Gasteiger partial charge in [0.25, 0.3) is 0 Å². The molecule has 1 aromatic carbocycles. The van der Waals surface area contributed by atoms with Crippen LogP contribution in [0.25, 0.3) is 0 Å². The summed E-state index contributed by atoms with van der Waals surface area (Å²) >= 11 is 0. The predicted octanol–water partition coefficient (Wildman–Crippen LogP) is 3.20. The van der Waals surface area contributed by atoms with Crippen molar-refractivity contribution in [3.05, 3.63) is 35.4 Å². The summed E-state index contributed by atoms with van der Waals surface area (Å²) in [7, 11) is 0. The fourth-order valence-electron chi connectivity index (χ4n) is 1.19.